The van der Waals surface area contributed by atoms with Crippen molar-refractivity contribution < 1.29 is 14.5 Å². The van der Waals surface area contributed by atoms with E-state index in [9.17, 15) is 0 Å². The number of benzene rings is 1. The second-order valence-electron chi connectivity index (χ2n) is 6.12. The summed E-state index contributed by atoms with van der Waals surface area (Å²) in [5, 5.41) is 1.04. The molecule has 1 aliphatic rings. The number of methoxy groups -OCH3 is 1. The molecular weight excluding hydrogens is 339 g/mol. The van der Waals surface area contributed by atoms with E-state index >= 15 is 0 Å². The first-order valence-electron chi connectivity index (χ1n) is 8.58. The highest BCUT2D eigenvalue weighted by Crippen LogP contribution is 2.28. The molecule has 3 rings (SSSR count). The second-order valence-corrected chi connectivity index (χ2v) is 7.32. The molecule has 2 N–H and O–H groups in total. The number of rotatable bonds is 6. The Bertz CT molecular complexity index is 715. The number of hydrogen-bond donors (Lipinski definition) is 2. The third-order valence-electron chi connectivity index (χ3n) is 4.53. The largest absolute Gasteiger partial charge is 0.497 e. The van der Waals surface area contributed by atoms with Gasteiger partial charge in [0.05, 0.1) is 12.6 Å². The summed E-state index contributed by atoms with van der Waals surface area (Å²) in [6.45, 7) is 6.32. The third kappa shape index (κ3) is 4.36. The Labute approximate surface area is 149 Å². The highest BCUT2D eigenvalue weighted by atomic mass is 31.2. The van der Waals surface area contributed by atoms with Crippen LogP contribution >= 0.6 is 8.38 Å². The number of anilines is 1. The quantitative estimate of drug-likeness (QED) is 0.754. The summed E-state index contributed by atoms with van der Waals surface area (Å²) in [6, 6.07) is 5.93. The highest BCUT2D eigenvalue weighted by Gasteiger charge is 2.21. The smallest absolute Gasteiger partial charge is 0.166 e. The molecule has 1 aromatic carbocycles. The van der Waals surface area contributed by atoms with Gasteiger partial charge in [-0.05, 0) is 12.1 Å². The van der Waals surface area contributed by atoms with Crippen molar-refractivity contribution in [2.45, 2.75) is 13.3 Å². The molecule has 7 nitrogen and oxygen atoms in total. The summed E-state index contributed by atoms with van der Waals surface area (Å²) in [6.07, 6.45) is 1.24. The van der Waals surface area contributed by atoms with Crippen LogP contribution in [0.5, 0.6) is 5.75 Å². The summed E-state index contributed by atoms with van der Waals surface area (Å²) in [7, 11) is -0.142. The fraction of sp³-hybridized carbons (Fsp3) is 0.529. The molecule has 2 heterocycles. The number of piperazine rings is 1. The van der Waals surface area contributed by atoms with E-state index in [1.807, 2.05) is 18.2 Å². The predicted octanol–water partition coefficient (Wildman–Crippen LogP) is 1.62. The molecule has 1 saturated heterocycles. The monoisotopic (exact) mass is 364 g/mol. The standard InChI is InChI=1S/C17H25N4O3P/c1-3-16-18-15-12-13(24-2)4-5-14(15)17(19-16)21-8-6-20(7-9-21)10-11-25(22)23/h4-5,12,22-23H,3,6-11H2,1-2H3. The SMILES string of the molecule is CCc1nc(N2CCN(CCP(O)O)CC2)c2ccc(OC)cc2n1. The molecule has 1 aromatic heterocycles. The lowest BCUT2D eigenvalue weighted by Crippen LogP contribution is -2.47. The van der Waals surface area contributed by atoms with Gasteiger partial charge in [-0.25, -0.2) is 9.97 Å². The first-order valence-corrected chi connectivity index (χ1v) is 10.0. The van der Waals surface area contributed by atoms with Gasteiger partial charge >= 0.3 is 0 Å². The Hall–Kier alpha value is -1.53. The van der Waals surface area contributed by atoms with Crippen LogP contribution in [0.1, 0.15) is 12.7 Å². The van der Waals surface area contributed by atoms with E-state index in [-0.39, 0.29) is 0 Å². The first kappa shape index (κ1) is 18.3. The van der Waals surface area contributed by atoms with Crippen LogP contribution < -0.4 is 9.64 Å². The van der Waals surface area contributed by atoms with Gasteiger partial charge in [-0.1, -0.05) is 6.92 Å². The van der Waals surface area contributed by atoms with Crippen molar-refractivity contribution in [2.75, 3.05) is 50.9 Å². The molecule has 0 amide bonds. The fourth-order valence-corrected chi connectivity index (χ4v) is 3.54. The lowest BCUT2D eigenvalue weighted by molar-refractivity contribution is 0.269. The molecule has 0 spiro atoms. The Balaban J connectivity index is 1.81. The minimum atomic E-state index is -1.80. The summed E-state index contributed by atoms with van der Waals surface area (Å²) < 4.78 is 5.32. The van der Waals surface area contributed by atoms with E-state index in [1.54, 1.807) is 7.11 Å². The van der Waals surface area contributed by atoms with E-state index < -0.39 is 8.38 Å². The van der Waals surface area contributed by atoms with Gasteiger partial charge in [-0.15, -0.1) is 0 Å². The summed E-state index contributed by atoms with van der Waals surface area (Å²) >= 11 is 0. The number of aromatic nitrogens is 2. The summed E-state index contributed by atoms with van der Waals surface area (Å²) in [5.41, 5.74) is 0.912. The first-order chi connectivity index (χ1) is 12.1. The molecule has 0 unspecified atom stereocenters. The molecule has 0 radical (unpaired) electrons. The van der Waals surface area contributed by atoms with E-state index in [0.29, 0.717) is 6.16 Å². The van der Waals surface area contributed by atoms with Crippen LogP contribution in [0.4, 0.5) is 5.82 Å². The number of ether oxygens (including phenoxy) is 1. The van der Waals surface area contributed by atoms with E-state index in [2.05, 4.69) is 21.7 Å². The van der Waals surface area contributed by atoms with Crippen molar-refractivity contribution in [2.24, 2.45) is 0 Å². The van der Waals surface area contributed by atoms with Crippen LogP contribution in [0.2, 0.25) is 0 Å². The van der Waals surface area contributed by atoms with Crippen LogP contribution in [-0.4, -0.2) is 70.7 Å². The van der Waals surface area contributed by atoms with Gasteiger partial charge in [0.15, 0.2) is 8.38 Å². The van der Waals surface area contributed by atoms with Gasteiger partial charge in [0.1, 0.15) is 17.4 Å². The van der Waals surface area contributed by atoms with Gasteiger partial charge < -0.3 is 19.4 Å². The third-order valence-corrected chi connectivity index (χ3v) is 5.13. The van der Waals surface area contributed by atoms with E-state index in [4.69, 9.17) is 19.5 Å². The Morgan fingerprint density at radius 1 is 1.16 bits per heavy atom. The normalized spacial score (nSPS) is 16.0. The topological polar surface area (TPSA) is 82.0 Å². The number of aryl methyl sites for hydroxylation is 1. The molecular formula is C17H25N4O3P. The maximum atomic E-state index is 9.09. The zero-order valence-corrected chi connectivity index (χ0v) is 15.6. The minimum absolute atomic E-state index is 0.450. The Morgan fingerprint density at radius 3 is 2.56 bits per heavy atom. The molecule has 25 heavy (non-hydrogen) atoms. The number of hydrogen-bond acceptors (Lipinski definition) is 7. The van der Waals surface area contributed by atoms with Gasteiger partial charge in [0, 0.05) is 56.8 Å². The zero-order chi connectivity index (χ0) is 17.8. The van der Waals surface area contributed by atoms with Crippen LogP contribution in [0.15, 0.2) is 18.2 Å². The average Bonchev–Trinajstić information content (AvgIpc) is 2.65. The lowest BCUT2D eigenvalue weighted by atomic mass is 10.2. The lowest BCUT2D eigenvalue weighted by Gasteiger charge is -2.36. The summed E-state index contributed by atoms with van der Waals surface area (Å²) in [4.78, 5) is 32.2. The van der Waals surface area contributed by atoms with E-state index in [0.717, 1.165) is 67.4 Å². The van der Waals surface area contributed by atoms with Crippen LogP contribution in [-0.2, 0) is 6.42 Å². The molecule has 2 aromatic rings. The van der Waals surface area contributed by atoms with Crippen molar-refractivity contribution in [3.8, 4) is 5.75 Å². The van der Waals surface area contributed by atoms with Crippen molar-refractivity contribution in [3.05, 3.63) is 24.0 Å². The van der Waals surface area contributed by atoms with Gasteiger partial charge in [0.2, 0.25) is 0 Å². The highest BCUT2D eigenvalue weighted by molar-refractivity contribution is 7.45. The predicted molar refractivity (Wildman–Crippen MR) is 100 cm³/mol. The van der Waals surface area contributed by atoms with E-state index in [1.165, 1.54) is 0 Å². The van der Waals surface area contributed by atoms with Crippen LogP contribution in [0.25, 0.3) is 10.9 Å². The Kier molecular flexibility index (Phi) is 6.02. The van der Waals surface area contributed by atoms with Gasteiger partial charge in [0.25, 0.3) is 0 Å². The Morgan fingerprint density at radius 2 is 1.92 bits per heavy atom. The maximum Gasteiger partial charge on any atom is 0.166 e. The number of nitrogens with zero attached hydrogens (tertiary/aromatic N) is 4. The molecule has 8 heteroatoms. The molecule has 1 aliphatic heterocycles. The van der Waals surface area contributed by atoms with Crippen molar-refractivity contribution in [1.82, 2.24) is 14.9 Å². The molecule has 0 aliphatic carbocycles. The van der Waals surface area contributed by atoms with Gasteiger partial charge in [-0.2, -0.15) is 0 Å². The zero-order valence-electron chi connectivity index (χ0n) is 14.7. The molecule has 1 fully saturated rings. The van der Waals surface area contributed by atoms with Gasteiger partial charge in [-0.3, -0.25) is 4.90 Å². The second kappa shape index (κ2) is 8.23. The molecule has 0 bridgehead atoms. The fourth-order valence-electron chi connectivity index (χ4n) is 3.08. The molecule has 0 atom stereocenters. The maximum absolute atomic E-state index is 9.09. The van der Waals surface area contributed by atoms with Crippen LogP contribution in [0, 0.1) is 0 Å². The van der Waals surface area contributed by atoms with Crippen molar-refractivity contribution in [3.63, 3.8) is 0 Å². The van der Waals surface area contributed by atoms with Crippen LogP contribution in [0.3, 0.4) is 0 Å². The number of fused-ring (bicyclic) bond motifs is 1. The van der Waals surface area contributed by atoms with Crippen molar-refractivity contribution in [1.29, 1.82) is 0 Å². The molecule has 136 valence electrons. The molecule has 0 saturated carbocycles. The summed E-state index contributed by atoms with van der Waals surface area (Å²) in [5.74, 6) is 2.62. The van der Waals surface area contributed by atoms with Crippen molar-refractivity contribution >= 4 is 25.1 Å². The average molecular weight is 364 g/mol. The minimum Gasteiger partial charge on any atom is -0.497 e.